The molecule has 2 aliphatic rings. The molecule has 28 heavy (non-hydrogen) atoms. The first-order valence-corrected chi connectivity index (χ1v) is 10.3. The van der Waals surface area contributed by atoms with E-state index in [-0.39, 0.29) is 5.78 Å². The molecule has 0 spiro atoms. The number of hydrogen-bond donors (Lipinski definition) is 1. The van der Waals surface area contributed by atoms with Gasteiger partial charge in [-0.1, -0.05) is 45.0 Å². The molecule has 0 aliphatic carbocycles. The smallest absolute Gasteiger partial charge is 0.212 e. The van der Waals surface area contributed by atoms with Crippen molar-refractivity contribution in [2.45, 2.75) is 38.8 Å². The van der Waals surface area contributed by atoms with Gasteiger partial charge >= 0.3 is 0 Å². The molecule has 4 nitrogen and oxygen atoms in total. The maximum atomic E-state index is 13.6. The average Bonchev–Trinajstić information content (AvgIpc) is 3.30. The van der Waals surface area contributed by atoms with Crippen molar-refractivity contribution in [1.29, 1.82) is 10.5 Å². The van der Waals surface area contributed by atoms with Crippen LogP contribution in [0.4, 0.5) is 0 Å². The van der Waals surface area contributed by atoms with Crippen molar-refractivity contribution in [1.82, 2.24) is 0 Å². The highest BCUT2D eigenvalue weighted by molar-refractivity contribution is 7.08. The van der Waals surface area contributed by atoms with Crippen LogP contribution in [0.1, 0.15) is 49.4 Å². The Morgan fingerprint density at radius 1 is 1.18 bits per heavy atom. The van der Waals surface area contributed by atoms with E-state index >= 15 is 0 Å². The lowest BCUT2D eigenvalue weighted by Gasteiger charge is -2.31. The Morgan fingerprint density at radius 2 is 1.89 bits per heavy atom. The number of thiophene rings is 1. The second-order valence-corrected chi connectivity index (χ2v) is 9.39. The molecule has 140 valence electrons. The Hall–Kier alpha value is -2.73. The van der Waals surface area contributed by atoms with Crippen molar-refractivity contribution >= 4 is 23.2 Å². The number of fused-ring (bicyclic) bond motifs is 3. The van der Waals surface area contributed by atoms with E-state index < -0.39 is 28.8 Å². The molecule has 0 radical (unpaired) electrons. The molecule has 1 unspecified atom stereocenters. The molecular formula is C23H22N3OS+. The van der Waals surface area contributed by atoms with E-state index in [0.717, 1.165) is 21.6 Å². The Balaban J connectivity index is 2.01. The number of nitriles is 2. The lowest BCUT2D eigenvalue weighted by Crippen LogP contribution is -3.12. The van der Waals surface area contributed by atoms with Crippen LogP contribution in [-0.4, -0.2) is 11.8 Å². The number of hydrogen-bond acceptors (Lipinski definition) is 4. The summed E-state index contributed by atoms with van der Waals surface area (Å²) >= 11 is 1.53. The summed E-state index contributed by atoms with van der Waals surface area (Å²) in [5, 5.41) is 24.6. The highest BCUT2D eigenvalue weighted by Gasteiger charge is 2.68. The normalized spacial score (nSPS) is 27.3. The Kier molecular flexibility index (Phi) is 4.27. The van der Waals surface area contributed by atoms with E-state index in [1.165, 1.54) is 11.3 Å². The van der Waals surface area contributed by atoms with Crippen LogP contribution >= 0.6 is 11.3 Å². The van der Waals surface area contributed by atoms with E-state index in [1.807, 2.05) is 74.1 Å². The number of ketones is 1. The molecule has 1 N–H and O–H groups in total. The van der Waals surface area contributed by atoms with Crippen molar-refractivity contribution in [2.75, 3.05) is 0 Å². The van der Waals surface area contributed by atoms with Gasteiger partial charge in [0.1, 0.15) is 0 Å². The number of benzene rings is 1. The fourth-order valence-electron chi connectivity index (χ4n) is 4.78. The van der Waals surface area contributed by atoms with Crippen LogP contribution in [0.2, 0.25) is 0 Å². The fourth-order valence-corrected chi connectivity index (χ4v) is 5.48. The molecule has 4 rings (SSSR count). The molecule has 0 amide bonds. The third kappa shape index (κ3) is 2.48. The number of rotatable bonds is 2. The van der Waals surface area contributed by atoms with Gasteiger partial charge in [0.05, 0.1) is 24.3 Å². The zero-order valence-corrected chi connectivity index (χ0v) is 17.0. The van der Waals surface area contributed by atoms with Crippen molar-refractivity contribution in [2.24, 2.45) is 10.8 Å². The summed E-state index contributed by atoms with van der Waals surface area (Å²) in [6.07, 6.45) is 4.00. The predicted octanol–water partition coefficient (Wildman–Crippen LogP) is 3.47. The van der Waals surface area contributed by atoms with Gasteiger partial charge < -0.3 is 0 Å². The lowest BCUT2D eigenvalue weighted by atomic mass is 9.67. The molecule has 3 heterocycles. The topological polar surface area (TPSA) is 69.1 Å². The largest absolute Gasteiger partial charge is 0.292 e. The van der Waals surface area contributed by atoms with Gasteiger partial charge in [0.15, 0.2) is 17.9 Å². The number of nitrogens with one attached hydrogen (secondary N) is 1. The molecule has 0 bridgehead atoms. The second kappa shape index (κ2) is 6.41. The number of carbonyl (C=O) groups excluding carboxylic acids is 1. The average molecular weight is 389 g/mol. The van der Waals surface area contributed by atoms with Gasteiger partial charge in [0.25, 0.3) is 0 Å². The molecule has 4 atom stereocenters. The zero-order chi connectivity index (χ0) is 20.1. The molecule has 1 aromatic heterocycles. The number of quaternary nitrogens is 1. The summed E-state index contributed by atoms with van der Waals surface area (Å²) in [5.41, 5.74) is 1.00. The maximum absolute atomic E-state index is 13.6. The quantitative estimate of drug-likeness (QED) is 0.856. The van der Waals surface area contributed by atoms with Gasteiger partial charge in [-0.2, -0.15) is 21.9 Å². The van der Waals surface area contributed by atoms with E-state index in [4.69, 9.17) is 0 Å². The third-order valence-corrected chi connectivity index (χ3v) is 6.73. The van der Waals surface area contributed by atoms with Gasteiger partial charge in [-0.25, -0.2) is 0 Å². The summed E-state index contributed by atoms with van der Waals surface area (Å²) in [6, 6.07) is 13.7. The first kappa shape index (κ1) is 18.6. The molecule has 5 heteroatoms. The van der Waals surface area contributed by atoms with Gasteiger partial charge in [-0.05, 0) is 34.0 Å². The zero-order valence-electron chi connectivity index (χ0n) is 16.1. The Morgan fingerprint density at radius 3 is 2.50 bits per heavy atom. The summed E-state index contributed by atoms with van der Waals surface area (Å²) in [5.74, 6) is -0.392. The SMILES string of the molecule is CC(C)(C)C(=O)[C@@H]1[C@@H](c2ccsc2)C(C#N)(C#N)[C@@H]2c3ccccc3C=C[NH+]12. The molecule has 1 fully saturated rings. The van der Waals surface area contributed by atoms with Crippen molar-refractivity contribution < 1.29 is 9.69 Å². The van der Waals surface area contributed by atoms with E-state index in [0.29, 0.717) is 0 Å². The fraction of sp³-hybridized carbons (Fsp3) is 0.348. The maximum Gasteiger partial charge on any atom is 0.212 e. The van der Waals surface area contributed by atoms with E-state index in [2.05, 4.69) is 12.1 Å². The standard InChI is InChI=1S/C23H21N3OS/c1-22(2,3)21(27)19-18(16-9-11-28-12-16)23(13-24,14-25)20-17-7-5-4-6-15(17)8-10-26(19)20/h4-12,18-20H,1-3H3/p+1/t18-,19+,20+/m1/s1. The van der Waals surface area contributed by atoms with Crippen LogP contribution in [0, 0.1) is 33.5 Å². The third-order valence-electron chi connectivity index (χ3n) is 6.03. The van der Waals surface area contributed by atoms with Crippen LogP contribution in [0.5, 0.6) is 0 Å². The lowest BCUT2D eigenvalue weighted by molar-refractivity contribution is -0.885. The van der Waals surface area contributed by atoms with Crippen molar-refractivity contribution in [3.05, 3.63) is 64.0 Å². The van der Waals surface area contributed by atoms with Gasteiger partial charge in [-0.3, -0.25) is 9.69 Å². The Bertz CT molecular complexity index is 1020. The number of carbonyl (C=O) groups is 1. The van der Waals surface area contributed by atoms with E-state index in [9.17, 15) is 15.3 Å². The van der Waals surface area contributed by atoms with Gasteiger partial charge in [0, 0.05) is 11.0 Å². The summed E-state index contributed by atoms with van der Waals surface area (Å²) in [6.45, 7) is 5.73. The first-order chi connectivity index (χ1) is 13.3. The number of nitrogens with zero attached hydrogens (tertiary/aromatic N) is 2. The number of Topliss-reactive ketones (excluding diaryl/α,β-unsaturated/α-hetero) is 1. The summed E-state index contributed by atoms with van der Waals surface area (Å²) < 4.78 is 0. The molecule has 1 saturated heterocycles. The highest BCUT2D eigenvalue weighted by atomic mass is 32.1. The molecular weight excluding hydrogens is 366 g/mol. The first-order valence-electron chi connectivity index (χ1n) is 9.38. The molecule has 0 saturated carbocycles. The minimum atomic E-state index is -1.32. The van der Waals surface area contributed by atoms with Crippen LogP contribution in [0.25, 0.3) is 6.08 Å². The van der Waals surface area contributed by atoms with Gasteiger partial charge in [-0.15, -0.1) is 0 Å². The van der Waals surface area contributed by atoms with Crippen LogP contribution < -0.4 is 4.90 Å². The minimum absolute atomic E-state index is 0.0834. The molecule has 2 aliphatic heterocycles. The molecule has 1 aromatic carbocycles. The van der Waals surface area contributed by atoms with Crippen molar-refractivity contribution in [3.8, 4) is 12.1 Å². The van der Waals surface area contributed by atoms with Crippen LogP contribution in [0.15, 0.2) is 47.3 Å². The van der Waals surface area contributed by atoms with Crippen LogP contribution in [-0.2, 0) is 4.79 Å². The monoisotopic (exact) mass is 388 g/mol. The predicted molar refractivity (Wildman–Crippen MR) is 108 cm³/mol. The van der Waals surface area contributed by atoms with Crippen molar-refractivity contribution in [3.63, 3.8) is 0 Å². The Labute approximate surface area is 169 Å². The highest BCUT2D eigenvalue weighted by Crippen LogP contribution is 2.52. The van der Waals surface area contributed by atoms with Gasteiger partial charge in [0.2, 0.25) is 5.41 Å². The second-order valence-electron chi connectivity index (χ2n) is 8.61. The van der Waals surface area contributed by atoms with Crippen LogP contribution in [0.3, 0.4) is 0 Å². The summed E-state index contributed by atoms with van der Waals surface area (Å²) in [7, 11) is 0. The molecule has 2 aromatic rings. The van der Waals surface area contributed by atoms with E-state index in [1.54, 1.807) is 0 Å². The summed E-state index contributed by atoms with van der Waals surface area (Å²) in [4.78, 5) is 14.5. The minimum Gasteiger partial charge on any atom is -0.292 e.